The standard InChI is InChI=1S/C17H22N6O2S.2ClH.H2O/c1-26(24,25)22-8-9-23-13(10-22)21-15-16(23)14-11(5-3-7-18)4-2-6-12(14)20-17(15)19;;;/h2,4,6H,3,5,7-10,18H2,1H3,(H2,19,20);2*1H;1H2. The molecule has 1 aromatic carbocycles. The minimum atomic E-state index is -3.26. The second-order valence-corrected chi connectivity index (χ2v) is 8.66. The van der Waals surface area contributed by atoms with Crippen LogP contribution in [-0.4, -0.2) is 52.1 Å². The number of aromatic nitrogens is 3. The van der Waals surface area contributed by atoms with Crippen LogP contribution in [0.2, 0.25) is 0 Å². The molecular weight excluding hydrogens is 439 g/mol. The predicted octanol–water partition coefficient (Wildman–Crippen LogP) is 0.852. The normalized spacial score (nSPS) is 14.0. The molecule has 2 aromatic heterocycles. The molecule has 0 aliphatic carbocycles. The van der Waals surface area contributed by atoms with Crippen molar-refractivity contribution in [3.63, 3.8) is 0 Å². The molecule has 0 radical (unpaired) electrons. The average Bonchev–Trinajstić information content (AvgIpc) is 2.98. The van der Waals surface area contributed by atoms with Gasteiger partial charge in [-0.3, -0.25) is 0 Å². The minimum absolute atomic E-state index is 0. The van der Waals surface area contributed by atoms with E-state index in [0.29, 0.717) is 36.8 Å². The number of anilines is 1. The maximum Gasteiger partial charge on any atom is 0.211 e. The Hall–Kier alpha value is -1.69. The number of hydrogen-bond acceptors (Lipinski definition) is 6. The molecular formula is C17H26Cl2N6O3S. The van der Waals surface area contributed by atoms with Gasteiger partial charge in [0.25, 0.3) is 0 Å². The first-order chi connectivity index (χ1) is 12.4. The number of imidazole rings is 1. The SMILES string of the molecule is CS(=O)(=O)N1CCn2c(nc3c(N)nc4cccc(CCCN)c4c32)C1.Cl.Cl.O. The molecule has 1 aliphatic heterocycles. The molecule has 9 nitrogen and oxygen atoms in total. The zero-order valence-electron chi connectivity index (χ0n) is 16.0. The predicted molar refractivity (Wildman–Crippen MR) is 120 cm³/mol. The molecule has 0 atom stereocenters. The third kappa shape index (κ3) is 4.42. The van der Waals surface area contributed by atoms with Gasteiger partial charge in [-0.1, -0.05) is 12.1 Å². The van der Waals surface area contributed by atoms with Crippen molar-refractivity contribution in [3.8, 4) is 0 Å². The Kier molecular flexibility index (Phi) is 8.23. The van der Waals surface area contributed by atoms with Crippen LogP contribution in [0.15, 0.2) is 18.2 Å². The van der Waals surface area contributed by atoms with Crippen LogP contribution in [-0.2, 0) is 29.5 Å². The van der Waals surface area contributed by atoms with Crippen molar-refractivity contribution in [2.75, 3.05) is 25.1 Å². The second-order valence-electron chi connectivity index (χ2n) is 6.67. The van der Waals surface area contributed by atoms with Gasteiger partial charge in [-0.15, -0.1) is 24.8 Å². The number of nitrogens with zero attached hydrogens (tertiary/aromatic N) is 4. The summed E-state index contributed by atoms with van der Waals surface area (Å²) in [6, 6.07) is 6.01. The van der Waals surface area contributed by atoms with E-state index < -0.39 is 10.0 Å². The highest BCUT2D eigenvalue weighted by atomic mass is 35.5. The zero-order valence-corrected chi connectivity index (χ0v) is 18.4. The van der Waals surface area contributed by atoms with Gasteiger partial charge < -0.3 is 21.5 Å². The Morgan fingerprint density at radius 2 is 1.90 bits per heavy atom. The van der Waals surface area contributed by atoms with Gasteiger partial charge >= 0.3 is 0 Å². The quantitative estimate of drug-likeness (QED) is 0.583. The molecule has 12 heteroatoms. The van der Waals surface area contributed by atoms with Crippen molar-refractivity contribution in [3.05, 3.63) is 29.6 Å². The highest BCUT2D eigenvalue weighted by Crippen LogP contribution is 2.33. The van der Waals surface area contributed by atoms with E-state index in [1.807, 2.05) is 12.1 Å². The number of halogens is 2. The van der Waals surface area contributed by atoms with E-state index in [4.69, 9.17) is 11.5 Å². The summed E-state index contributed by atoms with van der Waals surface area (Å²) in [5, 5.41) is 1.04. The second kappa shape index (κ2) is 9.41. The summed E-state index contributed by atoms with van der Waals surface area (Å²) in [6.45, 7) is 1.84. The number of pyridine rings is 1. The lowest BCUT2D eigenvalue weighted by molar-refractivity contribution is 0.341. The van der Waals surface area contributed by atoms with Crippen molar-refractivity contribution in [2.45, 2.75) is 25.9 Å². The topological polar surface area (TPSA) is 152 Å². The molecule has 0 amide bonds. The lowest BCUT2D eigenvalue weighted by atomic mass is 10.0. The first-order valence-corrected chi connectivity index (χ1v) is 10.5. The number of sulfonamides is 1. The van der Waals surface area contributed by atoms with Crippen LogP contribution in [0.1, 0.15) is 17.8 Å². The van der Waals surface area contributed by atoms with Crippen LogP contribution in [0.3, 0.4) is 0 Å². The van der Waals surface area contributed by atoms with Crippen molar-refractivity contribution in [1.82, 2.24) is 18.8 Å². The van der Waals surface area contributed by atoms with E-state index in [1.165, 1.54) is 16.1 Å². The number of rotatable bonds is 4. The monoisotopic (exact) mass is 464 g/mol. The van der Waals surface area contributed by atoms with Gasteiger partial charge in [0, 0.05) is 18.5 Å². The molecule has 162 valence electrons. The number of benzene rings is 1. The molecule has 0 bridgehead atoms. The van der Waals surface area contributed by atoms with Gasteiger partial charge in [-0.25, -0.2) is 18.4 Å². The largest absolute Gasteiger partial charge is 0.412 e. The lowest BCUT2D eigenvalue weighted by Crippen LogP contribution is -2.37. The highest BCUT2D eigenvalue weighted by Gasteiger charge is 2.27. The fourth-order valence-electron chi connectivity index (χ4n) is 3.66. The Balaban J connectivity index is 0.00000140. The first-order valence-electron chi connectivity index (χ1n) is 8.61. The van der Waals surface area contributed by atoms with Crippen molar-refractivity contribution >= 4 is 62.6 Å². The summed E-state index contributed by atoms with van der Waals surface area (Å²) >= 11 is 0. The summed E-state index contributed by atoms with van der Waals surface area (Å²) in [7, 11) is -3.26. The lowest BCUT2D eigenvalue weighted by Gasteiger charge is -2.26. The molecule has 1 aliphatic rings. The van der Waals surface area contributed by atoms with Crippen molar-refractivity contribution < 1.29 is 13.9 Å². The van der Waals surface area contributed by atoms with Gasteiger partial charge in [0.05, 0.1) is 23.8 Å². The van der Waals surface area contributed by atoms with Crippen LogP contribution in [0.25, 0.3) is 21.9 Å². The summed E-state index contributed by atoms with van der Waals surface area (Å²) in [4.78, 5) is 9.16. The van der Waals surface area contributed by atoms with Gasteiger partial charge in [0.1, 0.15) is 11.3 Å². The van der Waals surface area contributed by atoms with Crippen molar-refractivity contribution in [2.24, 2.45) is 5.73 Å². The van der Waals surface area contributed by atoms with E-state index in [9.17, 15) is 8.42 Å². The van der Waals surface area contributed by atoms with Crippen LogP contribution in [0, 0.1) is 0 Å². The number of nitrogen functional groups attached to an aromatic ring is 1. The Morgan fingerprint density at radius 3 is 2.55 bits per heavy atom. The van der Waals surface area contributed by atoms with E-state index in [-0.39, 0.29) is 36.8 Å². The summed E-state index contributed by atoms with van der Waals surface area (Å²) in [5.41, 5.74) is 15.4. The van der Waals surface area contributed by atoms with E-state index in [0.717, 1.165) is 29.3 Å². The summed E-state index contributed by atoms with van der Waals surface area (Å²) in [6.07, 6.45) is 2.96. The number of fused-ring (bicyclic) bond motifs is 5. The van der Waals surface area contributed by atoms with E-state index in [2.05, 4.69) is 20.6 Å². The molecule has 6 N–H and O–H groups in total. The zero-order chi connectivity index (χ0) is 18.5. The van der Waals surface area contributed by atoms with Crippen LogP contribution >= 0.6 is 24.8 Å². The first kappa shape index (κ1) is 25.3. The molecule has 0 spiro atoms. The van der Waals surface area contributed by atoms with Crippen LogP contribution in [0.5, 0.6) is 0 Å². The molecule has 29 heavy (non-hydrogen) atoms. The van der Waals surface area contributed by atoms with Crippen LogP contribution < -0.4 is 11.5 Å². The summed E-state index contributed by atoms with van der Waals surface area (Å²) < 4.78 is 27.3. The number of hydrogen-bond donors (Lipinski definition) is 2. The fraction of sp³-hybridized carbons (Fsp3) is 0.412. The smallest absolute Gasteiger partial charge is 0.211 e. The van der Waals surface area contributed by atoms with Gasteiger partial charge in [0.2, 0.25) is 10.0 Å². The molecule has 3 heterocycles. The molecule has 4 rings (SSSR count). The molecule has 0 saturated heterocycles. The Labute approximate surface area is 181 Å². The van der Waals surface area contributed by atoms with Gasteiger partial charge in [0.15, 0.2) is 5.82 Å². The van der Waals surface area contributed by atoms with Crippen molar-refractivity contribution in [1.29, 1.82) is 0 Å². The average molecular weight is 465 g/mol. The van der Waals surface area contributed by atoms with Gasteiger partial charge in [-0.2, -0.15) is 4.31 Å². The summed E-state index contributed by atoms with van der Waals surface area (Å²) in [5.74, 6) is 1.07. The fourth-order valence-corrected chi connectivity index (χ4v) is 4.42. The molecule has 3 aromatic rings. The maximum absolute atomic E-state index is 11.9. The Morgan fingerprint density at radius 1 is 1.17 bits per heavy atom. The number of aryl methyl sites for hydroxylation is 1. The Bertz CT molecular complexity index is 1120. The minimum Gasteiger partial charge on any atom is -0.412 e. The molecule has 0 saturated carbocycles. The van der Waals surface area contributed by atoms with E-state index in [1.54, 1.807) is 0 Å². The number of nitrogens with two attached hydrogens (primary N) is 2. The maximum atomic E-state index is 11.9. The van der Waals surface area contributed by atoms with E-state index >= 15 is 0 Å². The third-order valence-electron chi connectivity index (χ3n) is 4.91. The van der Waals surface area contributed by atoms with Crippen LogP contribution in [0.4, 0.5) is 5.82 Å². The highest BCUT2D eigenvalue weighted by molar-refractivity contribution is 7.88. The molecule has 0 fully saturated rings. The molecule has 0 unspecified atom stereocenters. The third-order valence-corrected chi connectivity index (χ3v) is 6.16. The van der Waals surface area contributed by atoms with Gasteiger partial charge in [-0.05, 0) is 31.0 Å².